The van der Waals surface area contributed by atoms with Crippen LogP contribution in [0.3, 0.4) is 0 Å². The van der Waals surface area contributed by atoms with Gasteiger partial charge in [-0.2, -0.15) is 5.10 Å². The first-order valence-corrected chi connectivity index (χ1v) is 10.0. The Bertz CT molecular complexity index is 1320. The smallest absolute Gasteiger partial charge is 0.297 e. The fourth-order valence-electron chi connectivity index (χ4n) is 3.50. The lowest BCUT2D eigenvalue weighted by Gasteiger charge is -2.21. The van der Waals surface area contributed by atoms with Gasteiger partial charge in [0.2, 0.25) is 5.91 Å². The first kappa shape index (κ1) is 21.0. The van der Waals surface area contributed by atoms with Crippen molar-refractivity contribution >= 4 is 22.5 Å². The van der Waals surface area contributed by atoms with Crippen LogP contribution in [0.5, 0.6) is 5.75 Å². The molecule has 2 aromatic carbocycles. The number of benzene rings is 2. The second-order valence-corrected chi connectivity index (χ2v) is 7.13. The number of aryl methyl sites for hydroxylation is 1. The summed E-state index contributed by atoms with van der Waals surface area (Å²) in [6.07, 6.45) is 1.63. The van der Waals surface area contributed by atoms with E-state index >= 15 is 0 Å². The summed E-state index contributed by atoms with van der Waals surface area (Å²) in [5.41, 5.74) is 1.59. The number of methoxy groups -OCH3 is 1. The van der Waals surface area contributed by atoms with Gasteiger partial charge in [-0.1, -0.05) is 29.4 Å². The van der Waals surface area contributed by atoms with Crippen LogP contribution in [0.4, 0.5) is 5.69 Å². The minimum absolute atomic E-state index is 0.131. The third-order valence-corrected chi connectivity index (χ3v) is 5.09. The van der Waals surface area contributed by atoms with Crippen molar-refractivity contribution in [2.75, 3.05) is 18.6 Å². The molecule has 4 aromatic rings. The number of fused-ring (bicyclic) bond motifs is 1. The van der Waals surface area contributed by atoms with Gasteiger partial charge < -0.3 is 14.2 Å². The van der Waals surface area contributed by atoms with Crippen molar-refractivity contribution in [1.82, 2.24) is 14.9 Å². The molecule has 0 N–H and O–H groups in total. The fourth-order valence-corrected chi connectivity index (χ4v) is 3.50. The van der Waals surface area contributed by atoms with E-state index in [0.717, 1.165) is 10.2 Å². The molecule has 0 atom stereocenters. The van der Waals surface area contributed by atoms with E-state index in [4.69, 9.17) is 9.26 Å². The van der Waals surface area contributed by atoms with Gasteiger partial charge in [-0.15, -0.1) is 6.58 Å². The predicted molar refractivity (Wildman–Crippen MR) is 122 cm³/mol. The normalized spacial score (nSPS) is 10.8. The Kier molecular flexibility index (Phi) is 5.85. The molecule has 162 valence electrons. The van der Waals surface area contributed by atoms with Gasteiger partial charge in [0, 0.05) is 17.8 Å². The summed E-state index contributed by atoms with van der Waals surface area (Å²) in [7, 11) is 1.59. The van der Waals surface area contributed by atoms with E-state index in [1.165, 1.54) is 0 Å². The summed E-state index contributed by atoms with van der Waals surface area (Å²) >= 11 is 0. The summed E-state index contributed by atoms with van der Waals surface area (Å²) in [5, 5.41) is 8.98. The zero-order chi connectivity index (χ0) is 22.7. The molecule has 0 spiro atoms. The number of carbonyl (C=O) groups excluding carboxylic acids is 1. The van der Waals surface area contributed by atoms with Gasteiger partial charge in [-0.05, 0) is 43.3 Å². The number of hydrogen-bond acceptors (Lipinski definition) is 6. The van der Waals surface area contributed by atoms with Crippen molar-refractivity contribution in [3.63, 3.8) is 0 Å². The number of rotatable bonds is 7. The van der Waals surface area contributed by atoms with E-state index in [1.54, 1.807) is 37.1 Å². The second-order valence-electron chi connectivity index (χ2n) is 7.13. The lowest BCUT2D eigenvalue weighted by Crippen LogP contribution is -2.37. The zero-order valence-corrected chi connectivity index (χ0v) is 17.8. The molecule has 0 aliphatic heterocycles. The molecule has 0 saturated heterocycles. The van der Waals surface area contributed by atoms with E-state index in [1.807, 2.05) is 42.5 Å². The molecule has 8 heteroatoms. The molecule has 2 heterocycles. The third kappa shape index (κ3) is 3.90. The highest BCUT2D eigenvalue weighted by atomic mass is 16.5. The van der Waals surface area contributed by atoms with E-state index < -0.39 is 5.56 Å². The lowest BCUT2D eigenvalue weighted by molar-refractivity contribution is -0.119. The van der Waals surface area contributed by atoms with Gasteiger partial charge >= 0.3 is 0 Å². The van der Waals surface area contributed by atoms with Gasteiger partial charge in [0.15, 0.2) is 5.52 Å². The minimum atomic E-state index is -0.492. The van der Waals surface area contributed by atoms with Crippen LogP contribution < -0.4 is 15.2 Å². The lowest BCUT2D eigenvalue weighted by atomic mass is 10.1. The second kappa shape index (κ2) is 8.89. The van der Waals surface area contributed by atoms with E-state index in [9.17, 15) is 9.59 Å². The highest BCUT2D eigenvalue weighted by molar-refractivity contribution is 5.95. The quantitative estimate of drug-likeness (QED) is 0.416. The van der Waals surface area contributed by atoms with Gasteiger partial charge in [0.1, 0.15) is 23.7 Å². The molecule has 0 aliphatic rings. The van der Waals surface area contributed by atoms with Gasteiger partial charge in [-0.25, -0.2) is 4.68 Å². The SMILES string of the molecule is C=CCN(C(=O)Cn1nc(-c2ccc(OC)cc2)c2c(C)onc2c1=O)c1ccccc1. The Balaban J connectivity index is 1.79. The Morgan fingerprint density at radius 1 is 1.19 bits per heavy atom. The van der Waals surface area contributed by atoms with Crippen LogP contribution in [0.25, 0.3) is 22.2 Å². The topological polar surface area (TPSA) is 90.5 Å². The van der Waals surface area contributed by atoms with E-state index in [0.29, 0.717) is 34.8 Å². The van der Waals surface area contributed by atoms with Crippen molar-refractivity contribution in [2.45, 2.75) is 13.5 Å². The van der Waals surface area contributed by atoms with Crippen molar-refractivity contribution in [3.05, 3.63) is 83.4 Å². The van der Waals surface area contributed by atoms with E-state index in [-0.39, 0.29) is 18.0 Å². The molecule has 1 amide bonds. The number of nitrogens with zero attached hydrogens (tertiary/aromatic N) is 4. The van der Waals surface area contributed by atoms with Crippen LogP contribution >= 0.6 is 0 Å². The number of amides is 1. The molecule has 4 rings (SSSR count). The monoisotopic (exact) mass is 430 g/mol. The van der Waals surface area contributed by atoms with Crippen LogP contribution in [0, 0.1) is 6.92 Å². The molecular formula is C24H22N4O4. The summed E-state index contributed by atoms with van der Waals surface area (Å²) in [4.78, 5) is 27.7. The summed E-state index contributed by atoms with van der Waals surface area (Å²) in [6, 6.07) is 16.5. The number of carbonyl (C=O) groups is 1. The van der Waals surface area contributed by atoms with Crippen LogP contribution in [0.2, 0.25) is 0 Å². The van der Waals surface area contributed by atoms with Crippen molar-refractivity contribution in [2.24, 2.45) is 0 Å². The molecule has 0 aliphatic carbocycles. The molecule has 0 unspecified atom stereocenters. The highest BCUT2D eigenvalue weighted by Crippen LogP contribution is 2.28. The number of aromatic nitrogens is 3. The maximum absolute atomic E-state index is 13.1. The Morgan fingerprint density at radius 3 is 2.56 bits per heavy atom. The van der Waals surface area contributed by atoms with E-state index in [2.05, 4.69) is 16.8 Å². The number of anilines is 1. The fraction of sp³-hybridized carbons (Fsp3) is 0.167. The summed E-state index contributed by atoms with van der Waals surface area (Å²) in [5.74, 6) is 0.871. The average molecular weight is 430 g/mol. The van der Waals surface area contributed by atoms with Crippen LogP contribution in [0.15, 0.2) is 76.6 Å². The number of para-hydroxylation sites is 1. The molecule has 0 radical (unpaired) electrons. The van der Waals surface area contributed by atoms with Crippen LogP contribution in [0.1, 0.15) is 5.76 Å². The van der Waals surface area contributed by atoms with Crippen LogP contribution in [-0.4, -0.2) is 34.5 Å². The van der Waals surface area contributed by atoms with Crippen LogP contribution in [-0.2, 0) is 11.3 Å². The molecule has 0 saturated carbocycles. The van der Waals surface area contributed by atoms with Gasteiger partial charge in [-0.3, -0.25) is 9.59 Å². The summed E-state index contributed by atoms with van der Waals surface area (Å²) in [6.45, 7) is 5.50. The molecular weight excluding hydrogens is 408 g/mol. The predicted octanol–water partition coefficient (Wildman–Crippen LogP) is 3.59. The molecule has 32 heavy (non-hydrogen) atoms. The Labute approximate surface area is 184 Å². The maximum atomic E-state index is 13.1. The molecule has 2 aromatic heterocycles. The first-order chi connectivity index (χ1) is 15.5. The van der Waals surface area contributed by atoms with Crippen molar-refractivity contribution in [3.8, 4) is 17.0 Å². The largest absolute Gasteiger partial charge is 0.497 e. The van der Waals surface area contributed by atoms with Gasteiger partial charge in [0.25, 0.3) is 5.56 Å². The molecule has 8 nitrogen and oxygen atoms in total. The maximum Gasteiger partial charge on any atom is 0.297 e. The molecule has 0 bridgehead atoms. The van der Waals surface area contributed by atoms with Crippen molar-refractivity contribution < 1.29 is 14.1 Å². The zero-order valence-electron chi connectivity index (χ0n) is 17.8. The minimum Gasteiger partial charge on any atom is -0.497 e. The van der Waals surface area contributed by atoms with Crippen molar-refractivity contribution in [1.29, 1.82) is 0 Å². The van der Waals surface area contributed by atoms with Gasteiger partial charge in [0.05, 0.1) is 12.5 Å². The Hall–Kier alpha value is -4.20. The molecule has 0 fully saturated rings. The number of hydrogen-bond donors (Lipinski definition) is 0. The summed E-state index contributed by atoms with van der Waals surface area (Å²) < 4.78 is 11.6. The number of ether oxygens (including phenoxy) is 1. The first-order valence-electron chi connectivity index (χ1n) is 10.0. The average Bonchev–Trinajstić information content (AvgIpc) is 3.21. The third-order valence-electron chi connectivity index (χ3n) is 5.09. The highest BCUT2D eigenvalue weighted by Gasteiger charge is 2.22. The Morgan fingerprint density at radius 2 is 1.91 bits per heavy atom. The standard InChI is InChI=1S/C24H22N4O4/c1-4-14-27(18-8-6-5-7-9-18)20(29)15-28-24(30)23-21(16(2)32-26-23)22(25-28)17-10-12-19(31-3)13-11-17/h4-13H,1,14-15H2,2-3H3.